The maximum absolute atomic E-state index is 4.97. The van der Waals surface area contributed by atoms with E-state index in [4.69, 9.17) is 4.98 Å². The van der Waals surface area contributed by atoms with Crippen LogP contribution < -0.4 is 0 Å². The minimum absolute atomic E-state index is 0.334. The molecule has 0 saturated carbocycles. The monoisotopic (exact) mass is 494 g/mol. The Morgan fingerprint density at radius 3 is 1.79 bits per heavy atom. The minimum Gasteiger partial charge on any atom is -0.254 e. The fourth-order valence-corrected chi connectivity index (χ4v) is 7.27. The molecule has 1 spiro atoms. The molecule has 9 rings (SSSR count). The Balaban J connectivity index is 1.37. The van der Waals surface area contributed by atoms with Crippen LogP contribution in [0.5, 0.6) is 0 Å². The van der Waals surface area contributed by atoms with E-state index in [9.17, 15) is 0 Å². The summed E-state index contributed by atoms with van der Waals surface area (Å²) in [4.78, 5) is 9.59. The van der Waals surface area contributed by atoms with Crippen LogP contribution in [0.4, 0.5) is 0 Å². The van der Waals surface area contributed by atoms with Gasteiger partial charge < -0.3 is 0 Å². The van der Waals surface area contributed by atoms with E-state index >= 15 is 0 Å². The summed E-state index contributed by atoms with van der Waals surface area (Å²) in [6.45, 7) is 0. The molecule has 0 amide bonds. The Kier molecular flexibility index (Phi) is 4.02. The Morgan fingerprint density at radius 1 is 0.436 bits per heavy atom. The molecular weight excluding hydrogens is 472 g/mol. The highest BCUT2D eigenvalue weighted by atomic mass is 14.7. The summed E-state index contributed by atoms with van der Waals surface area (Å²) < 4.78 is 0. The predicted molar refractivity (Wildman–Crippen MR) is 159 cm³/mol. The van der Waals surface area contributed by atoms with Crippen molar-refractivity contribution in [2.24, 2.45) is 0 Å². The van der Waals surface area contributed by atoms with Crippen molar-refractivity contribution in [3.8, 4) is 33.4 Å². The third-order valence-corrected chi connectivity index (χ3v) is 8.76. The molecule has 2 nitrogen and oxygen atoms in total. The van der Waals surface area contributed by atoms with E-state index in [1.54, 1.807) is 0 Å². The molecule has 7 aromatic rings. The van der Waals surface area contributed by atoms with Gasteiger partial charge in [0.2, 0.25) is 0 Å². The first kappa shape index (κ1) is 20.9. The lowest BCUT2D eigenvalue weighted by atomic mass is 9.70. The van der Waals surface area contributed by atoms with Gasteiger partial charge in [-0.3, -0.25) is 9.97 Å². The molecule has 2 aromatic heterocycles. The summed E-state index contributed by atoms with van der Waals surface area (Å²) in [6.07, 6.45) is 3.87. The average Bonchev–Trinajstić information content (AvgIpc) is 3.48. The summed E-state index contributed by atoms with van der Waals surface area (Å²) in [5, 5.41) is 2.22. The molecule has 0 unspecified atom stereocenters. The molecule has 0 radical (unpaired) electrons. The first-order valence-corrected chi connectivity index (χ1v) is 13.4. The summed E-state index contributed by atoms with van der Waals surface area (Å²) in [6, 6.07) is 44.3. The van der Waals surface area contributed by atoms with Crippen molar-refractivity contribution in [2.45, 2.75) is 5.41 Å². The lowest BCUT2D eigenvalue weighted by Crippen LogP contribution is -2.25. The van der Waals surface area contributed by atoms with Crippen molar-refractivity contribution in [2.75, 3.05) is 0 Å². The van der Waals surface area contributed by atoms with Crippen molar-refractivity contribution < 1.29 is 0 Å². The largest absolute Gasteiger partial charge is 0.254 e. The van der Waals surface area contributed by atoms with Crippen LogP contribution in [-0.4, -0.2) is 9.97 Å². The molecule has 0 bridgehead atoms. The number of nitrogens with zero attached hydrogens (tertiary/aromatic N) is 2. The SMILES string of the molecule is c1ccc2c(c1)-c1ccccc1C21c2ccccc2-c2c(-c3cnc4c(ccc5cccnc54)c3)cccc21. The molecule has 2 heteroatoms. The molecule has 0 N–H and O–H groups in total. The number of hydrogen-bond donors (Lipinski definition) is 0. The second-order valence-corrected chi connectivity index (χ2v) is 10.6. The van der Waals surface area contributed by atoms with Crippen LogP contribution in [0, 0.1) is 0 Å². The first-order chi connectivity index (χ1) is 19.4. The highest BCUT2D eigenvalue weighted by Gasteiger charge is 2.51. The van der Waals surface area contributed by atoms with Gasteiger partial charge in [-0.25, -0.2) is 0 Å². The lowest BCUT2D eigenvalue weighted by Gasteiger charge is -2.30. The second-order valence-electron chi connectivity index (χ2n) is 10.6. The molecule has 180 valence electrons. The van der Waals surface area contributed by atoms with Crippen molar-refractivity contribution in [3.05, 3.63) is 156 Å². The van der Waals surface area contributed by atoms with Crippen LogP contribution in [0.2, 0.25) is 0 Å². The fraction of sp³-hybridized carbons (Fsp3) is 0.0270. The van der Waals surface area contributed by atoms with Crippen LogP contribution in [0.15, 0.2) is 134 Å². The van der Waals surface area contributed by atoms with E-state index in [0.717, 1.165) is 27.4 Å². The van der Waals surface area contributed by atoms with Crippen molar-refractivity contribution in [1.82, 2.24) is 9.97 Å². The van der Waals surface area contributed by atoms with Crippen LogP contribution >= 0.6 is 0 Å². The van der Waals surface area contributed by atoms with Crippen LogP contribution in [-0.2, 0) is 5.41 Å². The van der Waals surface area contributed by atoms with Crippen molar-refractivity contribution in [1.29, 1.82) is 0 Å². The van der Waals surface area contributed by atoms with Gasteiger partial charge in [-0.05, 0) is 62.2 Å². The quantitative estimate of drug-likeness (QED) is 0.213. The number of rotatable bonds is 1. The number of aromatic nitrogens is 2. The van der Waals surface area contributed by atoms with E-state index < -0.39 is 0 Å². The standard InChI is InChI=1S/C37H22N2/c1-4-14-30-27(10-1)28-11-2-5-15-31(28)37(30)32-16-6-3-12-29(32)34-26(13-7-17-33(34)37)25-21-24-19-18-23-9-8-20-38-35(23)36(24)39-22-25/h1-22H. The molecule has 0 aliphatic heterocycles. The van der Waals surface area contributed by atoms with Gasteiger partial charge >= 0.3 is 0 Å². The molecule has 39 heavy (non-hydrogen) atoms. The third kappa shape index (κ3) is 2.56. The first-order valence-electron chi connectivity index (χ1n) is 13.4. The number of fused-ring (bicyclic) bond motifs is 13. The van der Waals surface area contributed by atoms with Gasteiger partial charge in [0.25, 0.3) is 0 Å². The van der Waals surface area contributed by atoms with Crippen molar-refractivity contribution in [3.63, 3.8) is 0 Å². The summed E-state index contributed by atoms with van der Waals surface area (Å²) in [5.41, 5.74) is 14.6. The van der Waals surface area contributed by atoms with E-state index in [1.165, 1.54) is 50.1 Å². The number of hydrogen-bond acceptors (Lipinski definition) is 2. The third-order valence-electron chi connectivity index (χ3n) is 8.76. The van der Waals surface area contributed by atoms with E-state index in [2.05, 4.69) is 120 Å². The van der Waals surface area contributed by atoms with Gasteiger partial charge in [-0.15, -0.1) is 0 Å². The Bertz CT molecular complexity index is 2090. The predicted octanol–water partition coefficient (Wildman–Crippen LogP) is 8.79. The highest BCUT2D eigenvalue weighted by molar-refractivity contribution is 6.05. The summed E-state index contributed by atoms with van der Waals surface area (Å²) in [5.74, 6) is 0. The van der Waals surface area contributed by atoms with Gasteiger partial charge in [-0.2, -0.15) is 0 Å². The van der Waals surface area contributed by atoms with E-state index in [1.807, 2.05) is 18.5 Å². The minimum atomic E-state index is -0.334. The van der Waals surface area contributed by atoms with Crippen LogP contribution in [0.3, 0.4) is 0 Å². The summed E-state index contributed by atoms with van der Waals surface area (Å²) >= 11 is 0. The molecule has 2 heterocycles. The van der Waals surface area contributed by atoms with Gasteiger partial charge in [0.1, 0.15) is 0 Å². The van der Waals surface area contributed by atoms with Gasteiger partial charge in [0.05, 0.1) is 16.4 Å². The topological polar surface area (TPSA) is 25.8 Å². The fourth-order valence-electron chi connectivity index (χ4n) is 7.27. The molecule has 0 atom stereocenters. The van der Waals surface area contributed by atoms with E-state index in [0.29, 0.717) is 0 Å². The molecular formula is C37H22N2. The van der Waals surface area contributed by atoms with Gasteiger partial charge in [0, 0.05) is 28.7 Å². The molecule has 0 fully saturated rings. The molecule has 2 aliphatic carbocycles. The van der Waals surface area contributed by atoms with Crippen LogP contribution in [0.1, 0.15) is 22.3 Å². The normalized spacial score (nSPS) is 13.8. The lowest BCUT2D eigenvalue weighted by molar-refractivity contribution is 0.794. The highest BCUT2D eigenvalue weighted by Crippen LogP contribution is 2.63. The Labute approximate surface area is 226 Å². The molecule has 2 aliphatic rings. The second kappa shape index (κ2) is 7.49. The Morgan fingerprint density at radius 2 is 1.03 bits per heavy atom. The zero-order valence-corrected chi connectivity index (χ0v) is 21.1. The van der Waals surface area contributed by atoms with E-state index in [-0.39, 0.29) is 5.41 Å². The van der Waals surface area contributed by atoms with Crippen LogP contribution in [0.25, 0.3) is 55.2 Å². The van der Waals surface area contributed by atoms with Crippen molar-refractivity contribution >= 4 is 21.8 Å². The van der Waals surface area contributed by atoms with Gasteiger partial charge in [0.15, 0.2) is 0 Å². The summed E-state index contributed by atoms with van der Waals surface area (Å²) in [7, 11) is 0. The maximum atomic E-state index is 4.97. The zero-order chi connectivity index (χ0) is 25.6. The average molecular weight is 495 g/mol. The smallest absolute Gasteiger partial charge is 0.0964 e. The molecule has 0 saturated heterocycles. The Hall–Kier alpha value is -5.08. The number of pyridine rings is 2. The molecule has 5 aromatic carbocycles. The zero-order valence-electron chi connectivity index (χ0n) is 21.1. The number of benzene rings is 5. The maximum Gasteiger partial charge on any atom is 0.0964 e. The van der Waals surface area contributed by atoms with Gasteiger partial charge in [-0.1, -0.05) is 109 Å².